The largest absolute Gasteiger partial charge is 0.497 e. The van der Waals surface area contributed by atoms with Crippen molar-refractivity contribution in [3.05, 3.63) is 60.6 Å². The van der Waals surface area contributed by atoms with E-state index in [0.717, 1.165) is 5.56 Å². The maximum absolute atomic E-state index is 12.7. The summed E-state index contributed by atoms with van der Waals surface area (Å²) in [4.78, 5) is 19.7. The number of aryl methyl sites for hydroxylation is 1. The third-order valence-corrected chi connectivity index (χ3v) is 5.48. The summed E-state index contributed by atoms with van der Waals surface area (Å²) in [5.41, 5.74) is 2.30. The normalized spacial score (nSPS) is 11.0. The van der Waals surface area contributed by atoms with Crippen LogP contribution in [0.2, 0.25) is 0 Å². The van der Waals surface area contributed by atoms with E-state index in [1.54, 1.807) is 49.6 Å². The number of amides is 1. The molecular weight excluding hydrogens is 392 g/mol. The van der Waals surface area contributed by atoms with E-state index < -0.39 is 10.0 Å². The van der Waals surface area contributed by atoms with Crippen LogP contribution in [0.5, 0.6) is 5.75 Å². The number of methoxy groups -OCH3 is 1. The van der Waals surface area contributed by atoms with Gasteiger partial charge in [-0.2, -0.15) is 0 Å². The number of aromatic nitrogens is 2. The Bertz CT molecular complexity index is 1150. The van der Waals surface area contributed by atoms with E-state index >= 15 is 0 Å². The molecule has 0 fully saturated rings. The Morgan fingerprint density at radius 2 is 1.76 bits per heavy atom. The molecule has 9 heteroatoms. The lowest BCUT2D eigenvalue weighted by Gasteiger charge is -2.12. The highest BCUT2D eigenvalue weighted by molar-refractivity contribution is 7.92. The van der Waals surface area contributed by atoms with E-state index in [1.165, 1.54) is 26.2 Å². The van der Waals surface area contributed by atoms with Gasteiger partial charge in [-0.1, -0.05) is 0 Å². The van der Waals surface area contributed by atoms with Gasteiger partial charge in [0.05, 0.1) is 23.4 Å². The van der Waals surface area contributed by atoms with E-state index in [0.29, 0.717) is 28.5 Å². The number of carbonyl (C=O) groups is 1. The van der Waals surface area contributed by atoms with Gasteiger partial charge in [0.15, 0.2) is 0 Å². The number of hydrogen-bond donors (Lipinski definition) is 2. The molecule has 0 saturated heterocycles. The molecule has 8 nitrogen and oxygen atoms in total. The molecule has 0 saturated carbocycles. The van der Waals surface area contributed by atoms with Crippen LogP contribution in [-0.4, -0.2) is 31.4 Å². The standard InChI is InChI=1S/C20H20N4O4S/c1-13-19(24-29(26,27)18-6-4-17(28-3)5-7-18)10-16(12-22-13)15-8-9-21-20(11-15)23-14(2)25/h4-12,24H,1-3H3,(H,21,23,25). The van der Waals surface area contributed by atoms with Gasteiger partial charge in [-0.05, 0) is 55.0 Å². The molecule has 2 heterocycles. The first kappa shape index (κ1) is 20.3. The van der Waals surface area contributed by atoms with Crippen LogP contribution in [0.15, 0.2) is 59.8 Å². The molecule has 0 atom stereocenters. The number of carbonyl (C=O) groups excluding carboxylic acids is 1. The summed E-state index contributed by atoms with van der Waals surface area (Å²) in [7, 11) is -2.29. The Morgan fingerprint density at radius 1 is 1.03 bits per heavy atom. The monoisotopic (exact) mass is 412 g/mol. The van der Waals surface area contributed by atoms with Crippen LogP contribution in [-0.2, 0) is 14.8 Å². The molecule has 1 aromatic carbocycles. The summed E-state index contributed by atoms with van der Waals surface area (Å²) >= 11 is 0. The van der Waals surface area contributed by atoms with Gasteiger partial charge in [0.2, 0.25) is 5.91 Å². The summed E-state index contributed by atoms with van der Waals surface area (Å²) in [5.74, 6) is 0.733. The molecule has 0 bridgehead atoms. The Hall–Kier alpha value is -3.46. The van der Waals surface area contributed by atoms with Gasteiger partial charge in [-0.25, -0.2) is 13.4 Å². The van der Waals surface area contributed by atoms with Crippen LogP contribution in [0.3, 0.4) is 0 Å². The van der Waals surface area contributed by atoms with Crippen molar-refractivity contribution >= 4 is 27.4 Å². The minimum absolute atomic E-state index is 0.111. The smallest absolute Gasteiger partial charge is 0.261 e. The van der Waals surface area contributed by atoms with Gasteiger partial charge in [-0.3, -0.25) is 14.5 Å². The quantitative estimate of drug-likeness (QED) is 0.643. The van der Waals surface area contributed by atoms with Gasteiger partial charge in [-0.15, -0.1) is 0 Å². The molecule has 0 spiro atoms. The fraction of sp³-hybridized carbons (Fsp3) is 0.150. The average molecular weight is 412 g/mol. The molecule has 0 unspecified atom stereocenters. The fourth-order valence-electron chi connectivity index (χ4n) is 2.61. The SMILES string of the molecule is COc1ccc(S(=O)(=O)Nc2cc(-c3ccnc(NC(C)=O)c3)cnc2C)cc1. The number of benzene rings is 1. The second-order valence-electron chi connectivity index (χ2n) is 6.25. The van der Waals surface area contributed by atoms with E-state index in [2.05, 4.69) is 20.0 Å². The summed E-state index contributed by atoms with van der Waals surface area (Å²) < 4.78 is 33.1. The van der Waals surface area contributed by atoms with Crippen molar-refractivity contribution in [2.45, 2.75) is 18.7 Å². The zero-order chi connectivity index (χ0) is 21.0. The molecular formula is C20H20N4O4S. The highest BCUT2D eigenvalue weighted by Gasteiger charge is 2.16. The number of nitrogens with one attached hydrogen (secondary N) is 2. The zero-order valence-electron chi connectivity index (χ0n) is 16.1. The molecule has 0 aliphatic rings. The van der Waals surface area contributed by atoms with Gasteiger partial charge in [0.25, 0.3) is 10.0 Å². The third kappa shape index (κ3) is 4.88. The number of anilines is 2. The van der Waals surface area contributed by atoms with Crippen molar-refractivity contribution in [3.8, 4) is 16.9 Å². The van der Waals surface area contributed by atoms with E-state index in [-0.39, 0.29) is 10.8 Å². The van der Waals surface area contributed by atoms with Crippen molar-refractivity contribution in [3.63, 3.8) is 0 Å². The first-order valence-corrected chi connectivity index (χ1v) is 10.1. The summed E-state index contributed by atoms with van der Waals surface area (Å²) in [6, 6.07) is 11.2. The summed E-state index contributed by atoms with van der Waals surface area (Å²) in [6.45, 7) is 3.11. The fourth-order valence-corrected chi connectivity index (χ4v) is 3.72. The van der Waals surface area contributed by atoms with Crippen molar-refractivity contribution in [2.75, 3.05) is 17.1 Å². The summed E-state index contributed by atoms with van der Waals surface area (Å²) in [5, 5.41) is 2.62. The highest BCUT2D eigenvalue weighted by atomic mass is 32.2. The molecule has 2 aromatic heterocycles. The second kappa shape index (κ2) is 8.27. The molecule has 29 heavy (non-hydrogen) atoms. The van der Waals surface area contributed by atoms with Crippen LogP contribution in [0.1, 0.15) is 12.6 Å². The van der Waals surface area contributed by atoms with Crippen molar-refractivity contribution < 1.29 is 17.9 Å². The predicted octanol–water partition coefficient (Wildman–Crippen LogP) is 3.22. The molecule has 0 aliphatic heterocycles. The zero-order valence-corrected chi connectivity index (χ0v) is 16.9. The van der Waals surface area contributed by atoms with Gasteiger partial charge in [0, 0.05) is 24.9 Å². The van der Waals surface area contributed by atoms with E-state index in [9.17, 15) is 13.2 Å². The average Bonchev–Trinajstić information content (AvgIpc) is 2.69. The second-order valence-corrected chi connectivity index (χ2v) is 7.93. The molecule has 1 amide bonds. The molecule has 0 aliphatic carbocycles. The molecule has 0 radical (unpaired) electrons. The lowest BCUT2D eigenvalue weighted by atomic mass is 10.1. The minimum Gasteiger partial charge on any atom is -0.497 e. The van der Waals surface area contributed by atoms with Crippen LogP contribution in [0.4, 0.5) is 11.5 Å². The summed E-state index contributed by atoms with van der Waals surface area (Å²) in [6.07, 6.45) is 3.19. The Balaban J connectivity index is 1.92. The number of rotatable bonds is 6. The Kier molecular flexibility index (Phi) is 5.79. The molecule has 3 aromatic rings. The lowest BCUT2D eigenvalue weighted by molar-refractivity contribution is -0.114. The van der Waals surface area contributed by atoms with Gasteiger partial charge in [0.1, 0.15) is 11.6 Å². The topological polar surface area (TPSA) is 110 Å². The first-order chi connectivity index (χ1) is 13.8. The maximum atomic E-state index is 12.7. The Labute approximate surface area is 169 Å². The van der Waals surface area contributed by atoms with Crippen molar-refractivity contribution in [2.24, 2.45) is 0 Å². The number of hydrogen-bond acceptors (Lipinski definition) is 6. The number of pyridine rings is 2. The van der Waals surface area contributed by atoms with Gasteiger partial charge < -0.3 is 10.1 Å². The third-order valence-electron chi connectivity index (χ3n) is 4.10. The van der Waals surface area contributed by atoms with E-state index in [1.807, 2.05) is 0 Å². The number of ether oxygens (including phenoxy) is 1. The minimum atomic E-state index is -3.80. The van der Waals surface area contributed by atoms with Crippen LogP contribution >= 0.6 is 0 Å². The van der Waals surface area contributed by atoms with Crippen LogP contribution in [0.25, 0.3) is 11.1 Å². The van der Waals surface area contributed by atoms with E-state index in [4.69, 9.17) is 4.74 Å². The predicted molar refractivity (Wildman–Crippen MR) is 110 cm³/mol. The molecule has 3 rings (SSSR count). The van der Waals surface area contributed by atoms with Crippen LogP contribution in [0, 0.1) is 6.92 Å². The first-order valence-electron chi connectivity index (χ1n) is 8.66. The Morgan fingerprint density at radius 3 is 2.41 bits per heavy atom. The lowest BCUT2D eigenvalue weighted by Crippen LogP contribution is -2.14. The number of nitrogens with zero attached hydrogens (tertiary/aromatic N) is 2. The molecule has 2 N–H and O–H groups in total. The van der Waals surface area contributed by atoms with Crippen LogP contribution < -0.4 is 14.8 Å². The maximum Gasteiger partial charge on any atom is 0.261 e. The number of sulfonamides is 1. The van der Waals surface area contributed by atoms with Crippen molar-refractivity contribution in [1.29, 1.82) is 0 Å². The van der Waals surface area contributed by atoms with Crippen molar-refractivity contribution in [1.82, 2.24) is 9.97 Å². The van der Waals surface area contributed by atoms with Gasteiger partial charge >= 0.3 is 0 Å². The molecule has 150 valence electrons. The highest BCUT2D eigenvalue weighted by Crippen LogP contribution is 2.27.